The van der Waals surface area contributed by atoms with Crippen LogP contribution >= 0.6 is 15.9 Å². The first-order valence-corrected chi connectivity index (χ1v) is 6.41. The largest absolute Gasteiger partial charge is 0.310 e. The van der Waals surface area contributed by atoms with E-state index < -0.39 is 0 Å². The monoisotopic (exact) mass is 269 g/mol. The van der Waals surface area contributed by atoms with Gasteiger partial charge in [-0.3, -0.25) is 0 Å². The van der Waals surface area contributed by atoms with Crippen molar-refractivity contribution < 1.29 is 0 Å². The van der Waals surface area contributed by atoms with Crippen molar-refractivity contribution in [2.75, 3.05) is 0 Å². The third-order valence-electron chi connectivity index (χ3n) is 2.76. The third kappa shape index (κ3) is 3.96. The van der Waals surface area contributed by atoms with Gasteiger partial charge in [0, 0.05) is 17.1 Å². The molecule has 0 aromatic heterocycles. The van der Waals surface area contributed by atoms with Gasteiger partial charge in [-0.1, -0.05) is 54.9 Å². The van der Waals surface area contributed by atoms with Crippen LogP contribution in [0.15, 0.2) is 28.7 Å². The second-order valence-corrected chi connectivity index (χ2v) is 5.09. The maximum Gasteiger partial charge on any atom is 0.0220 e. The van der Waals surface area contributed by atoms with Gasteiger partial charge in [-0.2, -0.15) is 0 Å². The molecule has 0 aliphatic heterocycles. The molecule has 0 saturated heterocycles. The molecule has 0 spiro atoms. The molecule has 2 heteroatoms. The highest BCUT2D eigenvalue weighted by Gasteiger charge is 2.10. The Morgan fingerprint density at radius 3 is 2.47 bits per heavy atom. The second kappa shape index (κ2) is 6.29. The summed E-state index contributed by atoms with van der Waals surface area (Å²) in [6.45, 7) is 7.71. The summed E-state index contributed by atoms with van der Waals surface area (Å²) in [6, 6.07) is 8.99. The predicted octanol–water partition coefficient (Wildman–Crippen LogP) is 3.97. The van der Waals surface area contributed by atoms with Gasteiger partial charge >= 0.3 is 0 Å². The number of hydrogen-bond donors (Lipinski definition) is 1. The molecule has 84 valence electrons. The van der Waals surface area contributed by atoms with E-state index in [4.69, 9.17) is 0 Å². The molecular formula is C13H20BrN. The summed E-state index contributed by atoms with van der Waals surface area (Å²) in [4.78, 5) is 0. The van der Waals surface area contributed by atoms with Crippen LogP contribution in [0.25, 0.3) is 0 Å². The first kappa shape index (κ1) is 12.7. The van der Waals surface area contributed by atoms with Gasteiger partial charge in [0.05, 0.1) is 0 Å². The van der Waals surface area contributed by atoms with Crippen molar-refractivity contribution in [3.63, 3.8) is 0 Å². The van der Waals surface area contributed by atoms with E-state index in [-0.39, 0.29) is 0 Å². The Kier molecular flexibility index (Phi) is 5.34. The van der Waals surface area contributed by atoms with Crippen LogP contribution in [0.3, 0.4) is 0 Å². The minimum Gasteiger partial charge on any atom is -0.310 e. The Bertz CT molecular complexity index is 296. The Morgan fingerprint density at radius 2 is 1.93 bits per heavy atom. The Balaban J connectivity index is 2.53. The number of nitrogens with one attached hydrogen (secondary N) is 1. The summed E-state index contributed by atoms with van der Waals surface area (Å²) in [5.41, 5.74) is 1.33. The molecule has 0 saturated carbocycles. The molecule has 1 aromatic rings. The lowest BCUT2D eigenvalue weighted by Gasteiger charge is -2.21. The van der Waals surface area contributed by atoms with Crippen LogP contribution in [0.2, 0.25) is 0 Å². The lowest BCUT2D eigenvalue weighted by molar-refractivity contribution is 0.387. The average molecular weight is 270 g/mol. The maximum atomic E-state index is 3.60. The van der Waals surface area contributed by atoms with Crippen molar-refractivity contribution in [1.29, 1.82) is 0 Å². The minimum atomic E-state index is 0.608. The van der Waals surface area contributed by atoms with E-state index in [0.29, 0.717) is 12.0 Å². The molecule has 1 rings (SSSR count). The van der Waals surface area contributed by atoms with Crippen molar-refractivity contribution in [1.82, 2.24) is 5.32 Å². The standard InChI is InChI=1S/C13H20BrN/c1-4-13(10(2)3)15-9-11-7-5-6-8-12(11)14/h5-8,10,13,15H,4,9H2,1-3H3. The lowest BCUT2D eigenvalue weighted by Crippen LogP contribution is -2.32. The molecule has 0 amide bonds. The molecule has 1 N–H and O–H groups in total. The zero-order valence-electron chi connectivity index (χ0n) is 9.76. The molecule has 1 aromatic carbocycles. The number of hydrogen-bond acceptors (Lipinski definition) is 1. The van der Waals surface area contributed by atoms with Crippen LogP contribution in [-0.2, 0) is 6.54 Å². The number of halogens is 1. The Labute approximate surface area is 101 Å². The van der Waals surface area contributed by atoms with Crippen molar-refractivity contribution in [3.8, 4) is 0 Å². The van der Waals surface area contributed by atoms with Crippen molar-refractivity contribution in [2.45, 2.75) is 39.8 Å². The van der Waals surface area contributed by atoms with Gasteiger partial charge in [0.1, 0.15) is 0 Å². The molecule has 1 nitrogen and oxygen atoms in total. The van der Waals surface area contributed by atoms with E-state index >= 15 is 0 Å². The molecule has 0 aliphatic rings. The average Bonchev–Trinajstić information content (AvgIpc) is 2.21. The highest BCUT2D eigenvalue weighted by atomic mass is 79.9. The summed E-state index contributed by atoms with van der Waals surface area (Å²) in [5, 5.41) is 3.60. The van der Waals surface area contributed by atoms with E-state index in [9.17, 15) is 0 Å². The van der Waals surface area contributed by atoms with E-state index in [1.54, 1.807) is 0 Å². The van der Waals surface area contributed by atoms with Gasteiger partial charge in [0.25, 0.3) is 0 Å². The molecule has 0 radical (unpaired) electrons. The topological polar surface area (TPSA) is 12.0 Å². The quantitative estimate of drug-likeness (QED) is 0.853. The van der Waals surface area contributed by atoms with Crippen molar-refractivity contribution in [2.24, 2.45) is 5.92 Å². The van der Waals surface area contributed by atoms with Gasteiger partial charge < -0.3 is 5.32 Å². The molecule has 0 aliphatic carbocycles. The Hall–Kier alpha value is -0.340. The summed E-state index contributed by atoms with van der Waals surface area (Å²) in [7, 11) is 0. The molecule has 0 heterocycles. The van der Waals surface area contributed by atoms with Crippen LogP contribution < -0.4 is 5.32 Å². The van der Waals surface area contributed by atoms with E-state index in [2.05, 4.69) is 60.2 Å². The highest BCUT2D eigenvalue weighted by Crippen LogP contribution is 2.16. The van der Waals surface area contributed by atoms with Crippen molar-refractivity contribution in [3.05, 3.63) is 34.3 Å². The van der Waals surface area contributed by atoms with Crippen LogP contribution in [0.1, 0.15) is 32.8 Å². The van der Waals surface area contributed by atoms with Crippen molar-refractivity contribution >= 4 is 15.9 Å². The first-order valence-electron chi connectivity index (χ1n) is 5.62. The fourth-order valence-electron chi connectivity index (χ4n) is 1.73. The summed E-state index contributed by atoms with van der Waals surface area (Å²) >= 11 is 3.57. The fourth-order valence-corrected chi connectivity index (χ4v) is 2.16. The second-order valence-electron chi connectivity index (χ2n) is 4.23. The van der Waals surface area contributed by atoms with Gasteiger partial charge in [-0.05, 0) is 24.0 Å². The maximum absolute atomic E-state index is 3.60. The molecule has 1 unspecified atom stereocenters. The summed E-state index contributed by atoms with van der Waals surface area (Å²) < 4.78 is 1.19. The van der Waals surface area contributed by atoms with E-state index in [1.807, 2.05) is 6.07 Å². The molecule has 0 fully saturated rings. The van der Waals surface area contributed by atoms with Gasteiger partial charge in [-0.15, -0.1) is 0 Å². The van der Waals surface area contributed by atoms with Crippen LogP contribution in [0.4, 0.5) is 0 Å². The smallest absolute Gasteiger partial charge is 0.0220 e. The highest BCUT2D eigenvalue weighted by molar-refractivity contribution is 9.10. The lowest BCUT2D eigenvalue weighted by atomic mass is 10.0. The van der Waals surface area contributed by atoms with Gasteiger partial charge in [-0.25, -0.2) is 0 Å². The van der Waals surface area contributed by atoms with E-state index in [1.165, 1.54) is 16.5 Å². The molecule has 0 bridgehead atoms. The third-order valence-corrected chi connectivity index (χ3v) is 3.53. The summed E-state index contributed by atoms with van der Waals surface area (Å²) in [5.74, 6) is 0.692. The zero-order chi connectivity index (χ0) is 11.3. The number of rotatable bonds is 5. The first-order chi connectivity index (χ1) is 7.15. The van der Waals surface area contributed by atoms with Crippen LogP contribution in [0, 0.1) is 5.92 Å². The van der Waals surface area contributed by atoms with Gasteiger partial charge in [0.2, 0.25) is 0 Å². The SMILES string of the molecule is CCC(NCc1ccccc1Br)C(C)C. The van der Waals surface area contributed by atoms with Crippen LogP contribution in [-0.4, -0.2) is 6.04 Å². The Morgan fingerprint density at radius 1 is 1.27 bits per heavy atom. The fraction of sp³-hybridized carbons (Fsp3) is 0.538. The summed E-state index contributed by atoms with van der Waals surface area (Å²) in [6.07, 6.45) is 1.18. The normalized spacial score (nSPS) is 13.1. The molecular weight excluding hydrogens is 250 g/mol. The van der Waals surface area contributed by atoms with Crippen LogP contribution in [0.5, 0.6) is 0 Å². The number of benzene rings is 1. The van der Waals surface area contributed by atoms with Gasteiger partial charge in [0.15, 0.2) is 0 Å². The zero-order valence-corrected chi connectivity index (χ0v) is 11.3. The molecule has 15 heavy (non-hydrogen) atoms. The predicted molar refractivity (Wildman–Crippen MR) is 69.9 cm³/mol. The van der Waals surface area contributed by atoms with E-state index in [0.717, 1.165) is 6.54 Å². The minimum absolute atomic E-state index is 0.608. The molecule has 1 atom stereocenters.